The Balaban J connectivity index is 1.65. The molecule has 7 heteroatoms. The van der Waals surface area contributed by atoms with Crippen LogP contribution in [0.1, 0.15) is 30.4 Å². The van der Waals surface area contributed by atoms with Crippen LogP contribution >= 0.6 is 0 Å². The number of alkyl halides is 3. The number of carbonyl (C=O) groups is 1. The summed E-state index contributed by atoms with van der Waals surface area (Å²) in [6, 6.07) is 11.9. The highest BCUT2D eigenvalue weighted by molar-refractivity contribution is 6.03. The van der Waals surface area contributed by atoms with Crippen molar-refractivity contribution >= 4 is 17.3 Å². The molecular formula is C23H25F3N2O2. The van der Waals surface area contributed by atoms with E-state index in [0.717, 1.165) is 42.0 Å². The SMILES string of the molecule is COc1ccc(N(C(=O)C(F)(F)F)c2ccc3c(c2)CCN(C2CCC2)CC3)cc1. The number of hydrogen-bond acceptors (Lipinski definition) is 3. The van der Waals surface area contributed by atoms with Gasteiger partial charge in [0.2, 0.25) is 0 Å². The lowest BCUT2D eigenvalue weighted by Crippen LogP contribution is -2.41. The number of halogens is 3. The van der Waals surface area contributed by atoms with Gasteiger partial charge in [-0.25, -0.2) is 0 Å². The Kier molecular flexibility index (Phi) is 5.73. The summed E-state index contributed by atoms with van der Waals surface area (Å²) in [6.45, 7) is 1.87. The van der Waals surface area contributed by atoms with Crippen molar-refractivity contribution in [3.05, 3.63) is 53.6 Å². The molecule has 2 aliphatic rings. The number of amides is 1. The van der Waals surface area contributed by atoms with Gasteiger partial charge < -0.3 is 4.74 Å². The molecule has 2 aromatic carbocycles. The summed E-state index contributed by atoms with van der Waals surface area (Å²) in [6.07, 6.45) is 0.403. The molecule has 4 rings (SSSR count). The van der Waals surface area contributed by atoms with Gasteiger partial charge in [-0.05, 0) is 73.2 Å². The fourth-order valence-electron chi connectivity index (χ4n) is 4.23. The zero-order valence-electron chi connectivity index (χ0n) is 16.9. The standard InChI is InChI=1S/C23H25F3N2O2/c1-30-21-9-7-19(8-10-21)28(22(29)23(24,25)26)20-6-5-16-11-13-27(18-3-2-4-18)14-12-17(16)15-20/h5-10,15,18H,2-4,11-14H2,1H3. The van der Waals surface area contributed by atoms with Gasteiger partial charge >= 0.3 is 12.1 Å². The molecular weight excluding hydrogens is 393 g/mol. The van der Waals surface area contributed by atoms with Crippen LogP contribution in [-0.2, 0) is 17.6 Å². The van der Waals surface area contributed by atoms with Crippen molar-refractivity contribution in [3.8, 4) is 5.75 Å². The van der Waals surface area contributed by atoms with E-state index in [1.54, 1.807) is 24.3 Å². The average Bonchev–Trinajstić information content (AvgIpc) is 2.89. The van der Waals surface area contributed by atoms with Gasteiger partial charge in [0.05, 0.1) is 7.11 Å². The molecule has 0 N–H and O–H groups in total. The zero-order chi connectivity index (χ0) is 21.3. The van der Waals surface area contributed by atoms with E-state index in [-0.39, 0.29) is 11.4 Å². The quantitative estimate of drug-likeness (QED) is 0.710. The van der Waals surface area contributed by atoms with E-state index in [9.17, 15) is 18.0 Å². The van der Waals surface area contributed by atoms with E-state index < -0.39 is 12.1 Å². The first-order valence-electron chi connectivity index (χ1n) is 10.3. The number of fused-ring (bicyclic) bond motifs is 1. The maximum Gasteiger partial charge on any atom is 0.472 e. The highest BCUT2D eigenvalue weighted by Crippen LogP contribution is 2.34. The van der Waals surface area contributed by atoms with Gasteiger partial charge in [-0.2, -0.15) is 13.2 Å². The van der Waals surface area contributed by atoms with Gasteiger partial charge in [-0.15, -0.1) is 0 Å². The number of methoxy groups -OCH3 is 1. The van der Waals surface area contributed by atoms with E-state index >= 15 is 0 Å². The molecule has 2 aromatic rings. The molecule has 1 aliphatic heterocycles. The van der Waals surface area contributed by atoms with Crippen molar-refractivity contribution in [2.45, 2.75) is 44.3 Å². The second-order valence-electron chi connectivity index (χ2n) is 7.91. The zero-order valence-corrected chi connectivity index (χ0v) is 16.9. The van der Waals surface area contributed by atoms with Crippen LogP contribution in [-0.4, -0.2) is 43.2 Å². The number of ether oxygens (including phenoxy) is 1. The molecule has 1 amide bonds. The Morgan fingerprint density at radius 3 is 2.20 bits per heavy atom. The molecule has 1 fully saturated rings. The van der Waals surface area contributed by atoms with Gasteiger partial charge in [0, 0.05) is 30.5 Å². The molecule has 1 aliphatic carbocycles. The second kappa shape index (κ2) is 8.30. The summed E-state index contributed by atoms with van der Waals surface area (Å²) >= 11 is 0. The fraction of sp³-hybridized carbons (Fsp3) is 0.435. The van der Waals surface area contributed by atoms with Gasteiger partial charge in [0.15, 0.2) is 0 Å². The molecule has 0 saturated heterocycles. The molecule has 0 spiro atoms. The van der Waals surface area contributed by atoms with Crippen LogP contribution in [0.3, 0.4) is 0 Å². The van der Waals surface area contributed by atoms with E-state index in [1.807, 2.05) is 6.07 Å². The number of rotatable bonds is 4. The molecule has 30 heavy (non-hydrogen) atoms. The second-order valence-corrected chi connectivity index (χ2v) is 7.91. The first kappa shape index (κ1) is 20.7. The minimum Gasteiger partial charge on any atom is -0.497 e. The Labute approximate surface area is 174 Å². The van der Waals surface area contributed by atoms with Crippen molar-refractivity contribution in [3.63, 3.8) is 0 Å². The van der Waals surface area contributed by atoms with Gasteiger partial charge in [-0.3, -0.25) is 14.6 Å². The monoisotopic (exact) mass is 418 g/mol. The van der Waals surface area contributed by atoms with Crippen molar-refractivity contribution < 1.29 is 22.7 Å². The van der Waals surface area contributed by atoms with Crippen LogP contribution in [0.15, 0.2) is 42.5 Å². The molecule has 0 unspecified atom stereocenters. The van der Waals surface area contributed by atoms with Crippen molar-refractivity contribution in [1.29, 1.82) is 0 Å². The van der Waals surface area contributed by atoms with Crippen molar-refractivity contribution in [2.24, 2.45) is 0 Å². The number of hydrogen-bond donors (Lipinski definition) is 0. The summed E-state index contributed by atoms with van der Waals surface area (Å²) in [5, 5.41) is 0. The minimum atomic E-state index is -4.98. The molecule has 0 aromatic heterocycles. The summed E-state index contributed by atoms with van der Waals surface area (Å²) in [4.78, 5) is 15.5. The van der Waals surface area contributed by atoms with E-state index in [4.69, 9.17) is 4.74 Å². The fourth-order valence-corrected chi connectivity index (χ4v) is 4.23. The number of benzene rings is 2. The Morgan fingerprint density at radius 2 is 1.63 bits per heavy atom. The topological polar surface area (TPSA) is 32.8 Å². The molecule has 1 saturated carbocycles. The average molecular weight is 418 g/mol. The third-order valence-corrected chi connectivity index (χ3v) is 6.15. The van der Waals surface area contributed by atoms with Gasteiger partial charge in [0.1, 0.15) is 5.75 Å². The molecule has 160 valence electrons. The van der Waals surface area contributed by atoms with Crippen LogP contribution in [0.4, 0.5) is 24.5 Å². The maximum absolute atomic E-state index is 13.4. The van der Waals surface area contributed by atoms with Crippen molar-refractivity contribution in [1.82, 2.24) is 4.90 Å². The molecule has 0 atom stereocenters. The maximum atomic E-state index is 13.4. The van der Waals surface area contributed by atoms with Crippen LogP contribution < -0.4 is 9.64 Å². The lowest BCUT2D eigenvalue weighted by Gasteiger charge is -2.36. The lowest BCUT2D eigenvalue weighted by molar-refractivity contribution is -0.169. The highest BCUT2D eigenvalue weighted by atomic mass is 19.4. The molecule has 1 heterocycles. The predicted octanol–water partition coefficient (Wildman–Crippen LogP) is 4.88. The van der Waals surface area contributed by atoms with Gasteiger partial charge in [0.25, 0.3) is 0 Å². The first-order chi connectivity index (χ1) is 14.4. The molecule has 4 nitrogen and oxygen atoms in total. The van der Waals surface area contributed by atoms with Crippen molar-refractivity contribution in [2.75, 3.05) is 25.1 Å². The molecule has 0 radical (unpaired) electrons. The summed E-state index contributed by atoms with van der Waals surface area (Å²) < 4.78 is 45.2. The Morgan fingerprint density at radius 1 is 1.00 bits per heavy atom. The lowest BCUT2D eigenvalue weighted by atomic mass is 9.91. The van der Waals surface area contributed by atoms with Crippen LogP contribution in [0, 0.1) is 0 Å². The largest absolute Gasteiger partial charge is 0.497 e. The normalized spacial score (nSPS) is 17.6. The number of nitrogens with zero attached hydrogens (tertiary/aromatic N) is 2. The highest BCUT2D eigenvalue weighted by Gasteiger charge is 2.44. The van der Waals surface area contributed by atoms with E-state index in [1.165, 1.54) is 38.5 Å². The number of anilines is 2. The Bertz CT molecular complexity index is 908. The van der Waals surface area contributed by atoms with Crippen LogP contribution in [0.25, 0.3) is 0 Å². The predicted molar refractivity (Wildman–Crippen MR) is 109 cm³/mol. The van der Waals surface area contributed by atoms with Crippen LogP contribution in [0.5, 0.6) is 5.75 Å². The third kappa shape index (κ3) is 4.17. The number of carbonyl (C=O) groups excluding carboxylic acids is 1. The van der Waals surface area contributed by atoms with Crippen LogP contribution in [0.2, 0.25) is 0 Å². The molecule has 0 bridgehead atoms. The van der Waals surface area contributed by atoms with Gasteiger partial charge in [-0.1, -0.05) is 12.5 Å². The first-order valence-corrected chi connectivity index (χ1v) is 10.3. The van der Waals surface area contributed by atoms with E-state index in [2.05, 4.69) is 4.90 Å². The minimum absolute atomic E-state index is 0.155. The summed E-state index contributed by atoms with van der Waals surface area (Å²) in [5.41, 5.74) is 2.55. The summed E-state index contributed by atoms with van der Waals surface area (Å²) in [7, 11) is 1.48. The summed E-state index contributed by atoms with van der Waals surface area (Å²) in [5.74, 6) is -1.39. The Hall–Kier alpha value is -2.54. The third-order valence-electron chi connectivity index (χ3n) is 6.15. The smallest absolute Gasteiger partial charge is 0.472 e. The van der Waals surface area contributed by atoms with E-state index in [0.29, 0.717) is 11.8 Å².